The molecule has 0 spiro atoms. The molecule has 0 amide bonds. The van der Waals surface area contributed by atoms with E-state index in [9.17, 15) is 5.11 Å². The van der Waals surface area contributed by atoms with Crippen LogP contribution in [0.5, 0.6) is 0 Å². The molecule has 1 saturated carbocycles. The van der Waals surface area contributed by atoms with E-state index in [1.165, 1.54) is 0 Å². The van der Waals surface area contributed by atoms with Crippen molar-refractivity contribution < 1.29 is 5.11 Å². The van der Waals surface area contributed by atoms with Gasteiger partial charge in [-0.15, -0.1) is 0 Å². The van der Waals surface area contributed by atoms with Crippen molar-refractivity contribution in [1.82, 2.24) is 15.0 Å². The molecule has 1 atom stereocenters. The van der Waals surface area contributed by atoms with E-state index < -0.39 is 0 Å². The molecule has 4 rings (SSSR count). The number of rotatable bonds is 4. The minimum absolute atomic E-state index is 0.254. The fourth-order valence-corrected chi connectivity index (χ4v) is 3.44. The standard InChI is InChI=1S/C18H20N6O/c19-8-12-1-2-17(20-9-12)23-14-5-13(6-14)16-7-18(22-11-21-16)24-4-3-15(25)10-24/h1-2,7,9,11,13-15,25H,3-6,10H2,(H,20,23)/t13?,14?,15-/m1/s1. The molecule has 2 fully saturated rings. The molecule has 0 radical (unpaired) electrons. The number of nitriles is 1. The summed E-state index contributed by atoms with van der Waals surface area (Å²) in [7, 11) is 0. The summed E-state index contributed by atoms with van der Waals surface area (Å²) in [6.07, 6.45) is 5.75. The summed E-state index contributed by atoms with van der Waals surface area (Å²) in [5.41, 5.74) is 1.63. The van der Waals surface area contributed by atoms with Gasteiger partial charge in [-0.2, -0.15) is 5.26 Å². The summed E-state index contributed by atoms with van der Waals surface area (Å²) in [6.45, 7) is 1.49. The number of hydrogen-bond donors (Lipinski definition) is 2. The number of β-amino-alcohol motifs (C(OH)–C–C–N with tert-alkyl or cyclic N) is 1. The van der Waals surface area contributed by atoms with Gasteiger partial charge in [0.25, 0.3) is 0 Å². The van der Waals surface area contributed by atoms with Gasteiger partial charge in [-0.25, -0.2) is 15.0 Å². The Morgan fingerprint density at radius 1 is 1.24 bits per heavy atom. The summed E-state index contributed by atoms with van der Waals surface area (Å²) in [4.78, 5) is 15.2. The minimum Gasteiger partial charge on any atom is -0.391 e. The highest BCUT2D eigenvalue weighted by atomic mass is 16.3. The third kappa shape index (κ3) is 3.39. The molecule has 0 unspecified atom stereocenters. The van der Waals surface area contributed by atoms with E-state index in [4.69, 9.17) is 5.26 Å². The van der Waals surface area contributed by atoms with Gasteiger partial charge in [0.15, 0.2) is 0 Å². The van der Waals surface area contributed by atoms with E-state index in [0.29, 0.717) is 24.1 Å². The molecule has 2 aliphatic rings. The molecule has 3 heterocycles. The molecule has 1 aliphatic carbocycles. The number of anilines is 2. The van der Waals surface area contributed by atoms with Gasteiger partial charge in [0.2, 0.25) is 0 Å². The minimum atomic E-state index is -0.254. The fourth-order valence-electron chi connectivity index (χ4n) is 3.44. The second-order valence-corrected chi connectivity index (χ2v) is 6.74. The third-order valence-corrected chi connectivity index (χ3v) is 4.96. The van der Waals surface area contributed by atoms with Crippen LogP contribution in [0.3, 0.4) is 0 Å². The van der Waals surface area contributed by atoms with Gasteiger partial charge in [0, 0.05) is 43.0 Å². The number of hydrogen-bond acceptors (Lipinski definition) is 7. The Morgan fingerprint density at radius 3 is 2.80 bits per heavy atom. The van der Waals surface area contributed by atoms with Crippen LogP contribution < -0.4 is 10.2 Å². The van der Waals surface area contributed by atoms with Crippen molar-refractivity contribution in [2.24, 2.45) is 0 Å². The Labute approximate surface area is 146 Å². The highest BCUT2D eigenvalue weighted by molar-refractivity contribution is 5.43. The van der Waals surface area contributed by atoms with Gasteiger partial charge in [0.1, 0.15) is 24.0 Å². The number of nitrogens with one attached hydrogen (secondary N) is 1. The quantitative estimate of drug-likeness (QED) is 0.876. The van der Waals surface area contributed by atoms with Crippen LogP contribution >= 0.6 is 0 Å². The van der Waals surface area contributed by atoms with E-state index in [1.807, 2.05) is 6.07 Å². The molecule has 7 heteroatoms. The first-order valence-electron chi connectivity index (χ1n) is 8.59. The van der Waals surface area contributed by atoms with Crippen molar-refractivity contribution in [3.05, 3.63) is 42.0 Å². The number of aromatic nitrogens is 3. The van der Waals surface area contributed by atoms with Crippen LogP contribution in [0.2, 0.25) is 0 Å². The average Bonchev–Trinajstić information content (AvgIpc) is 3.05. The average molecular weight is 336 g/mol. The van der Waals surface area contributed by atoms with Crippen LogP contribution in [0.15, 0.2) is 30.7 Å². The molecule has 2 N–H and O–H groups in total. The lowest BCUT2D eigenvalue weighted by Crippen LogP contribution is -2.35. The molecule has 2 aromatic heterocycles. The molecular weight excluding hydrogens is 316 g/mol. The van der Waals surface area contributed by atoms with Crippen molar-refractivity contribution in [1.29, 1.82) is 5.26 Å². The molecule has 0 bridgehead atoms. The molecule has 1 saturated heterocycles. The van der Waals surface area contributed by atoms with E-state index in [-0.39, 0.29) is 6.10 Å². The van der Waals surface area contributed by atoms with Gasteiger partial charge in [0.05, 0.1) is 11.7 Å². The molecule has 2 aromatic rings. The monoisotopic (exact) mass is 336 g/mol. The lowest BCUT2D eigenvalue weighted by Gasteiger charge is -2.36. The Morgan fingerprint density at radius 2 is 2.12 bits per heavy atom. The van der Waals surface area contributed by atoms with Crippen LogP contribution in [-0.2, 0) is 0 Å². The van der Waals surface area contributed by atoms with E-state index in [0.717, 1.165) is 43.1 Å². The van der Waals surface area contributed by atoms with Crippen LogP contribution in [0.1, 0.15) is 36.4 Å². The predicted octanol–water partition coefficient (Wildman–Crippen LogP) is 1.67. The fraction of sp³-hybridized carbons (Fsp3) is 0.444. The maximum absolute atomic E-state index is 9.69. The second kappa shape index (κ2) is 6.65. The van der Waals surface area contributed by atoms with E-state index in [2.05, 4.69) is 37.3 Å². The van der Waals surface area contributed by atoms with Crippen LogP contribution in [-0.4, -0.2) is 45.3 Å². The number of aliphatic hydroxyl groups is 1. The van der Waals surface area contributed by atoms with Crippen molar-refractivity contribution in [3.63, 3.8) is 0 Å². The van der Waals surface area contributed by atoms with Gasteiger partial charge >= 0.3 is 0 Å². The van der Waals surface area contributed by atoms with E-state index in [1.54, 1.807) is 18.6 Å². The SMILES string of the molecule is N#Cc1ccc(NC2CC(c3cc(N4CC[C@@H](O)C4)ncn3)C2)nc1. The maximum atomic E-state index is 9.69. The topological polar surface area (TPSA) is 98.0 Å². The summed E-state index contributed by atoms with van der Waals surface area (Å²) in [5, 5.41) is 21.9. The molecule has 25 heavy (non-hydrogen) atoms. The summed E-state index contributed by atoms with van der Waals surface area (Å²) in [5.74, 6) is 2.13. The van der Waals surface area contributed by atoms with Crippen molar-refractivity contribution in [3.8, 4) is 6.07 Å². The second-order valence-electron chi connectivity index (χ2n) is 6.74. The van der Waals surface area contributed by atoms with Crippen molar-refractivity contribution in [2.75, 3.05) is 23.3 Å². The van der Waals surface area contributed by atoms with Gasteiger partial charge in [-0.05, 0) is 31.4 Å². The Balaban J connectivity index is 1.35. The van der Waals surface area contributed by atoms with Crippen LogP contribution in [0.25, 0.3) is 0 Å². The molecule has 7 nitrogen and oxygen atoms in total. The normalized spacial score (nSPS) is 25.3. The smallest absolute Gasteiger partial charge is 0.132 e. The predicted molar refractivity (Wildman–Crippen MR) is 93.2 cm³/mol. The van der Waals surface area contributed by atoms with Crippen molar-refractivity contribution >= 4 is 11.6 Å². The first kappa shape index (κ1) is 15.8. The van der Waals surface area contributed by atoms with Crippen LogP contribution in [0, 0.1) is 11.3 Å². The molecule has 1 aliphatic heterocycles. The van der Waals surface area contributed by atoms with Crippen LogP contribution in [0.4, 0.5) is 11.6 Å². The van der Waals surface area contributed by atoms with Gasteiger partial charge in [-0.3, -0.25) is 0 Å². The highest BCUT2D eigenvalue weighted by Gasteiger charge is 2.32. The zero-order valence-corrected chi connectivity index (χ0v) is 13.8. The highest BCUT2D eigenvalue weighted by Crippen LogP contribution is 2.38. The number of nitrogens with zero attached hydrogens (tertiary/aromatic N) is 5. The summed E-state index contributed by atoms with van der Waals surface area (Å²) >= 11 is 0. The summed E-state index contributed by atoms with van der Waals surface area (Å²) < 4.78 is 0. The van der Waals surface area contributed by atoms with Gasteiger partial charge in [-0.1, -0.05) is 0 Å². The Bertz CT molecular complexity index is 781. The first-order valence-corrected chi connectivity index (χ1v) is 8.59. The maximum Gasteiger partial charge on any atom is 0.132 e. The number of pyridine rings is 1. The molecule has 0 aromatic carbocycles. The molecular formula is C18H20N6O. The Hall–Kier alpha value is -2.72. The van der Waals surface area contributed by atoms with Crippen molar-refractivity contribution in [2.45, 2.75) is 37.3 Å². The zero-order chi connectivity index (χ0) is 17.2. The zero-order valence-electron chi connectivity index (χ0n) is 13.8. The third-order valence-electron chi connectivity index (χ3n) is 4.96. The summed E-state index contributed by atoms with van der Waals surface area (Å²) in [6, 6.07) is 8.11. The molecule has 128 valence electrons. The van der Waals surface area contributed by atoms with Gasteiger partial charge < -0.3 is 15.3 Å². The lowest BCUT2D eigenvalue weighted by molar-refractivity contribution is 0.198. The number of aliphatic hydroxyl groups excluding tert-OH is 1. The lowest BCUT2D eigenvalue weighted by atomic mass is 9.78. The first-order chi connectivity index (χ1) is 12.2. The largest absolute Gasteiger partial charge is 0.391 e. The Kier molecular flexibility index (Phi) is 4.20. The van der Waals surface area contributed by atoms with E-state index >= 15 is 0 Å².